The molecule has 0 aliphatic rings. The zero-order valence-electron chi connectivity index (χ0n) is 35.0. The van der Waals surface area contributed by atoms with Crippen LogP contribution in [0.1, 0.15) is 0 Å². The molecule has 0 spiro atoms. The van der Waals surface area contributed by atoms with Crippen LogP contribution >= 0.6 is 0 Å². The highest BCUT2D eigenvalue weighted by Gasteiger charge is 2.25. The number of hydrogen-bond donors (Lipinski definition) is 0. The predicted molar refractivity (Wildman–Crippen MR) is 271 cm³/mol. The van der Waals surface area contributed by atoms with Crippen molar-refractivity contribution in [3.63, 3.8) is 0 Å². The Morgan fingerprint density at radius 3 is 1.50 bits per heavy atom. The minimum absolute atomic E-state index is 0.854. The zero-order chi connectivity index (χ0) is 42.4. The second-order valence-corrected chi connectivity index (χ2v) is 16.4. The van der Waals surface area contributed by atoms with Gasteiger partial charge in [-0.15, -0.1) is 0 Å². The summed E-state index contributed by atoms with van der Waals surface area (Å²) in [6, 6.07) is 89.6. The molecular weight excluding hydrogens is 775 g/mol. The van der Waals surface area contributed by atoms with Crippen molar-refractivity contribution in [1.82, 2.24) is 0 Å². The van der Waals surface area contributed by atoms with Gasteiger partial charge in [0.2, 0.25) is 0 Å². The summed E-state index contributed by atoms with van der Waals surface area (Å²) in [7, 11) is 0. The molecule has 0 N–H and O–H groups in total. The minimum atomic E-state index is 0.854. The van der Waals surface area contributed by atoms with E-state index in [1.54, 1.807) is 0 Å². The van der Waals surface area contributed by atoms with Gasteiger partial charge < -0.3 is 9.32 Å². The van der Waals surface area contributed by atoms with Crippen LogP contribution in [0.3, 0.4) is 0 Å². The normalized spacial score (nSPS) is 11.4. The minimum Gasteiger partial charge on any atom is -0.455 e. The molecule has 1 heterocycles. The molecule has 0 unspecified atom stereocenters. The van der Waals surface area contributed by atoms with E-state index in [2.05, 4.69) is 254 Å². The molecule has 0 amide bonds. The van der Waals surface area contributed by atoms with Crippen LogP contribution in [0.4, 0.5) is 17.1 Å². The van der Waals surface area contributed by atoms with E-state index < -0.39 is 0 Å². The highest BCUT2D eigenvalue weighted by molar-refractivity contribution is 6.21. The average molecular weight is 816 g/mol. The molecular formula is C62H41NO. The van der Waals surface area contributed by atoms with E-state index in [1.807, 2.05) is 0 Å². The van der Waals surface area contributed by atoms with Gasteiger partial charge in [-0.1, -0.05) is 194 Å². The molecule has 2 heteroatoms. The molecule has 0 radical (unpaired) electrons. The maximum Gasteiger partial charge on any atom is 0.145 e. The molecule has 0 aliphatic carbocycles. The Morgan fingerprint density at radius 2 is 0.797 bits per heavy atom. The predicted octanol–water partition coefficient (Wildman–Crippen LogP) is 17.7. The highest BCUT2D eigenvalue weighted by Crippen LogP contribution is 2.50. The van der Waals surface area contributed by atoms with Crippen molar-refractivity contribution in [2.75, 3.05) is 4.90 Å². The van der Waals surface area contributed by atoms with E-state index in [4.69, 9.17) is 4.42 Å². The van der Waals surface area contributed by atoms with E-state index in [0.29, 0.717) is 0 Å². The van der Waals surface area contributed by atoms with Crippen LogP contribution < -0.4 is 4.90 Å². The highest BCUT2D eigenvalue weighted by atomic mass is 16.3. The lowest BCUT2D eigenvalue weighted by Crippen LogP contribution is -2.12. The number of nitrogens with zero attached hydrogens (tertiary/aromatic N) is 1. The SMILES string of the molecule is c1ccc(-c2cccc(-c3ccc(N(c4ccc(-c5ccccc5)cc4-c4ccccc4)c4ccc(-c5cc6ccccc6c6ccccc56)c5oc6ccccc6c45)cc3)c2)cc1. The Labute approximate surface area is 372 Å². The molecule has 0 saturated heterocycles. The third-order valence-electron chi connectivity index (χ3n) is 12.7. The molecule has 12 rings (SSSR count). The van der Waals surface area contributed by atoms with E-state index in [9.17, 15) is 0 Å². The van der Waals surface area contributed by atoms with Crippen LogP contribution in [0.15, 0.2) is 253 Å². The molecule has 0 aliphatic heterocycles. The zero-order valence-corrected chi connectivity index (χ0v) is 35.0. The summed E-state index contributed by atoms with van der Waals surface area (Å²) in [6.45, 7) is 0. The van der Waals surface area contributed by atoms with Crippen molar-refractivity contribution >= 4 is 60.5 Å². The van der Waals surface area contributed by atoms with E-state index >= 15 is 0 Å². The topological polar surface area (TPSA) is 16.4 Å². The molecule has 0 saturated carbocycles. The second-order valence-electron chi connectivity index (χ2n) is 16.4. The number of fused-ring (bicyclic) bond motifs is 6. The van der Waals surface area contributed by atoms with Crippen molar-refractivity contribution in [3.8, 4) is 55.6 Å². The van der Waals surface area contributed by atoms with E-state index in [-0.39, 0.29) is 0 Å². The summed E-state index contributed by atoms with van der Waals surface area (Å²) < 4.78 is 7.05. The smallest absolute Gasteiger partial charge is 0.145 e. The second kappa shape index (κ2) is 15.8. The molecule has 2 nitrogen and oxygen atoms in total. The summed E-state index contributed by atoms with van der Waals surface area (Å²) in [4.78, 5) is 2.44. The number of para-hydroxylation sites is 1. The molecule has 12 aromatic rings. The van der Waals surface area contributed by atoms with Gasteiger partial charge in [-0.25, -0.2) is 0 Å². The fraction of sp³-hybridized carbons (Fsp3) is 0. The lowest BCUT2D eigenvalue weighted by Gasteiger charge is -2.29. The monoisotopic (exact) mass is 815 g/mol. The van der Waals surface area contributed by atoms with Gasteiger partial charge in [-0.05, 0) is 121 Å². The van der Waals surface area contributed by atoms with Gasteiger partial charge in [0.05, 0.1) is 16.8 Å². The Kier molecular flexibility index (Phi) is 9.20. The first kappa shape index (κ1) is 37.3. The van der Waals surface area contributed by atoms with Crippen molar-refractivity contribution in [2.24, 2.45) is 0 Å². The van der Waals surface area contributed by atoms with Crippen molar-refractivity contribution < 1.29 is 4.42 Å². The summed E-state index contributed by atoms with van der Waals surface area (Å²) in [6.07, 6.45) is 0. The van der Waals surface area contributed by atoms with Crippen molar-refractivity contribution in [1.29, 1.82) is 0 Å². The maximum absolute atomic E-state index is 7.05. The standard InChI is InChI=1S/C62H41NO/c1-4-17-42(18-5-1)46-24-16-25-47(39-46)44-31-34-50(35-32-44)63(58-37-33-48(43-19-6-2-7-20-43)40-56(58)45-21-8-3-9-22-45)59-38-36-54(62-61(59)55-29-14-15-30-60(55)64-62)57-41-49-23-10-11-26-51(49)52-27-12-13-28-53(52)57/h1-41H. The fourth-order valence-corrected chi connectivity index (χ4v) is 9.60. The lowest BCUT2D eigenvalue weighted by molar-refractivity contribution is 0.670. The average Bonchev–Trinajstić information content (AvgIpc) is 3.78. The van der Waals surface area contributed by atoms with E-state index in [1.165, 1.54) is 43.8 Å². The third-order valence-corrected chi connectivity index (χ3v) is 12.7. The van der Waals surface area contributed by atoms with Crippen LogP contribution in [0.2, 0.25) is 0 Å². The number of hydrogen-bond acceptors (Lipinski definition) is 2. The third kappa shape index (κ3) is 6.52. The van der Waals surface area contributed by atoms with Crippen LogP contribution in [-0.4, -0.2) is 0 Å². The van der Waals surface area contributed by atoms with E-state index in [0.717, 1.165) is 72.4 Å². The van der Waals surface area contributed by atoms with Gasteiger partial charge in [0.25, 0.3) is 0 Å². The largest absolute Gasteiger partial charge is 0.455 e. The van der Waals surface area contributed by atoms with Gasteiger partial charge in [-0.2, -0.15) is 0 Å². The number of benzene rings is 11. The number of furan rings is 1. The van der Waals surface area contributed by atoms with Crippen LogP contribution in [-0.2, 0) is 0 Å². The number of rotatable bonds is 8. The van der Waals surface area contributed by atoms with Gasteiger partial charge in [0.1, 0.15) is 11.2 Å². The Hall–Kier alpha value is -8.46. The summed E-state index contributed by atoms with van der Waals surface area (Å²) in [5, 5.41) is 7.00. The van der Waals surface area contributed by atoms with Gasteiger partial charge in [-0.3, -0.25) is 0 Å². The van der Waals surface area contributed by atoms with Crippen molar-refractivity contribution in [3.05, 3.63) is 249 Å². The van der Waals surface area contributed by atoms with Crippen molar-refractivity contribution in [2.45, 2.75) is 0 Å². The van der Waals surface area contributed by atoms with Gasteiger partial charge in [0.15, 0.2) is 0 Å². The molecule has 0 bridgehead atoms. The summed E-state index contributed by atoms with van der Waals surface area (Å²) in [5.74, 6) is 0. The first-order valence-electron chi connectivity index (χ1n) is 21.9. The quantitative estimate of drug-likeness (QED) is 0.142. The molecule has 64 heavy (non-hydrogen) atoms. The molecule has 300 valence electrons. The Balaban J connectivity index is 1.11. The van der Waals surface area contributed by atoms with Crippen LogP contribution in [0, 0.1) is 0 Å². The molecule has 1 aromatic heterocycles. The summed E-state index contributed by atoms with van der Waals surface area (Å²) in [5.41, 5.74) is 16.4. The van der Waals surface area contributed by atoms with Gasteiger partial charge in [0, 0.05) is 22.2 Å². The fourth-order valence-electron chi connectivity index (χ4n) is 9.60. The molecule has 0 fully saturated rings. The first-order valence-corrected chi connectivity index (χ1v) is 21.9. The number of anilines is 3. The van der Waals surface area contributed by atoms with Crippen LogP contribution in [0.25, 0.3) is 99.1 Å². The lowest BCUT2D eigenvalue weighted by atomic mass is 9.91. The summed E-state index contributed by atoms with van der Waals surface area (Å²) >= 11 is 0. The molecule has 11 aromatic carbocycles. The maximum atomic E-state index is 7.05. The molecule has 0 atom stereocenters. The first-order chi connectivity index (χ1) is 31.7. The van der Waals surface area contributed by atoms with Gasteiger partial charge >= 0.3 is 0 Å². The Bertz CT molecular complexity index is 3650. The Morgan fingerprint density at radius 1 is 0.281 bits per heavy atom. The van der Waals surface area contributed by atoms with Crippen LogP contribution in [0.5, 0.6) is 0 Å².